The van der Waals surface area contributed by atoms with Crippen LogP contribution in [0.1, 0.15) is 10.4 Å². The zero-order valence-electron chi connectivity index (χ0n) is 15.8. The van der Waals surface area contributed by atoms with Gasteiger partial charge in [0.25, 0.3) is 5.91 Å². The molecule has 3 rings (SSSR count). The molecule has 150 valence electrons. The molecule has 2 aromatic carbocycles. The first-order chi connectivity index (χ1) is 14.0. The van der Waals surface area contributed by atoms with Crippen LogP contribution in [0.2, 0.25) is 5.02 Å². The largest absolute Gasteiger partial charge is 0.493 e. The minimum atomic E-state index is -0.542. The lowest BCUT2D eigenvalue weighted by Crippen LogP contribution is -2.15. The molecule has 0 saturated carbocycles. The molecule has 7 nitrogen and oxygen atoms in total. The first-order valence-electron chi connectivity index (χ1n) is 8.63. The highest BCUT2D eigenvalue weighted by Crippen LogP contribution is 2.29. The highest BCUT2D eigenvalue weighted by Gasteiger charge is 2.15. The van der Waals surface area contributed by atoms with Gasteiger partial charge in [0, 0.05) is 23.0 Å². The van der Waals surface area contributed by atoms with Crippen molar-refractivity contribution in [2.24, 2.45) is 0 Å². The summed E-state index contributed by atoms with van der Waals surface area (Å²) in [5, 5.41) is 3.43. The third kappa shape index (κ3) is 4.89. The van der Waals surface area contributed by atoms with Crippen molar-refractivity contribution >= 4 is 29.2 Å². The van der Waals surface area contributed by atoms with E-state index in [9.17, 15) is 9.59 Å². The summed E-state index contributed by atoms with van der Waals surface area (Å²) in [4.78, 5) is 24.2. The first-order valence-corrected chi connectivity index (χ1v) is 9.01. The SMILES string of the molecule is COC(=O)COc1cc(C(=O)Nc2ccc(Cl)cc2-n2cccc2)ccc1OC. The molecule has 1 N–H and O–H groups in total. The van der Waals surface area contributed by atoms with Gasteiger partial charge in [-0.1, -0.05) is 11.6 Å². The Labute approximate surface area is 172 Å². The number of anilines is 1. The van der Waals surface area contributed by atoms with Gasteiger partial charge in [-0.15, -0.1) is 0 Å². The van der Waals surface area contributed by atoms with E-state index in [0.717, 1.165) is 5.69 Å². The Kier molecular flexibility index (Phi) is 6.41. The van der Waals surface area contributed by atoms with Crippen LogP contribution in [0.25, 0.3) is 5.69 Å². The number of halogens is 1. The van der Waals surface area contributed by atoms with Gasteiger partial charge in [0.1, 0.15) is 0 Å². The van der Waals surface area contributed by atoms with Gasteiger partial charge < -0.3 is 24.1 Å². The number of aromatic nitrogens is 1. The molecule has 0 spiro atoms. The number of rotatable bonds is 7. The molecule has 0 unspecified atom stereocenters. The zero-order valence-corrected chi connectivity index (χ0v) is 16.6. The zero-order chi connectivity index (χ0) is 20.8. The second kappa shape index (κ2) is 9.16. The van der Waals surface area contributed by atoms with E-state index >= 15 is 0 Å². The lowest BCUT2D eigenvalue weighted by atomic mass is 10.1. The molecule has 0 aliphatic rings. The average Bonchev–Trinajstić information content (AvgIpc) is 3.27. The molecule has 1 heterocycles. The van der Waals surface area contributed by atoms with Crippen molar-refractivity contribution < 1.29 is 23.8 Å². The third-order valence-electron chi connectivity index (χ3n) is 4.09. The van der Waals surface area contributed by atoms with Crippen molar-refractivity contribution in [1.29, 1.82) is 0 Å². The summed E-state index contributed by atoms with van der Waals surface area (Å²) in [6, 6.07) is 13.6. The summed E-state index contributed by atoms with van der Waals surface area (Å²) in [7, 11) is 2.73. The van der Waals surface area contributed by atoms with Gasteiger partial charge in [-0.2, -0.15) is 0 Å². The van der Waals surface area contributed by atoms with Crippen LogP contribution in [-0.2, 0) is 9.53 Å². The fraction of sp³-hybridized carbons (Fsp3) is 0.143. The van der Waals surface area contributed by atoms with Crippen LogP contribution in [0.5, 0.6) is 11.5 Å². The summed E-state index contributed by atoms with van der Waals surface area (Å²) >= 11 is 6.12. The molecule has 0 atom stereocenters. The number of carbonyl (C=O) groups excluding carboxylic acids is 2. The minimum absolute atomic E-state index is 0.257. The first kappa shape index (κ1) is 20.3. The maximum atomic E-state index is 12.8. The molecule has 3 aromatic rings. The van der Waals surface area contributed by atoms with E-state index in [1.807, 2.05) is 29.1 Å². The van der Waals surface area contributed by atoms with Crippen molar-refractivity contribution in [2.45, 2.75) is 0 Å². The topological polar surface area (TPSA) is 78.8 Å². The van der Waals surface area contributed by atoms with E-state index in [4.69, 9.17) is 21.1 Å². The fourth-order valence-electron chi connectivity index (χ4n) is 2.64. The number of nitrogens with zero attached hydrogens (tertiary/aromatic N) is 1. The number of methoxy groups -OCH3 is 2. The van der Waals surface area contributed by atoms with E-state index in [-0.39, 0.29) is 18.3 Å². The predicted octanol–water partition coefficient (Wildman–Crippen LogP) is 3.94. The maximum Gasteiger partial charge on any atom is 0.343 e. The number of benzene rings is 2. The highest BCUT2D eigenvalue weighted by atomic mass is 35.5. The molecule has 0 bridgehead atoms. The van der Waals surface area contributed by atoms with Crippen molar-refractivity contribution in [3.8, 4) is 17.2 Å². The third-order valence-corrected chi connectivity index (χ3v) is 4.32. The fourth-order valence-corrected chi connectivity index (χ4v) is 2.81. The second-order valence-corrected chi connectivity index (χ2v) is 6.37. The van der Waals surface area contributed by atoms with Crippen LogP contribution >= 0.6 is 11.6 Å². The molecule has 1 aromatic heterocycles. The summed E-state index contributed by atoms with van der Waals surface area (Å²) < 4.78 is 17.0. The summed E-state index contributed by atoms with van der Waals surface area (Å²) in [5.41, 5.74) is 1.65. The molecule has 0 saturated heterocycles. The summed E-state index contributed by atoms with van der Waals surface area (Å²) in [6.45, 7) is -0.299. The van der Waals surface area contributed by atoms with Crippen LogP contribution < -0.4 is 14.8 Å². The Balaban J connectivity index is 1.85. The Morgan fingerprint density at radius 3 is 2.48 bits per heavy atom. The molecule has 8 heteroatoms. The van der Waals surface area contributed by atoms with E-state index < -0.39 is 5.97 Å². The van der Waals surface area contributed by atoms with Crippen molar-refractivity contribution in [2.75, 3.05) is 26.1 Å². The summed E-state index contributed by atoms with van der Waals surface area (Å²) in [5.74, 6) is -0.247. The van der Waals surface area contributed by atoms with Gasteiger partial charge in [0.2, 0.25) is 0 Å². The second-order valence-electron chi connectivity index (χ2n) is 5.94. The van der Waals surface area contributed by atoms with Crippen LogP contribution in [0.4, 0.5) is 5.69 Å². The van der Waals surface area contributed by atoms with Crippen molar-refractivity contribution in [3.05, 3.63) is 71.5 Å². The Hall–Kier alpha value is -3.45. The van der Waals surface area contributed by atoms with Crippen LogP contribution in [0.15, 0.2) is 60.9 Å². The quantitative estimate of drug-likeness (QED) is 0.592. The molecular weight excluding hydrogens is 396 g/mol. The van der Waals surface area contributed by atoms with Gasteiger partial charge in [0.15, 0.2) is 18.1 Å². The standard InChI is InChI=1S/C21H19ClN2O5/c1-27-18-8-5-14(11-19(18)29-13-20(25)28-2)21(26)23-16-7-6-15(22)12-17(16)24-9-3-4-10-24/h3-12H,13H2,1-2H3,(H,23,26). The number of hydrogen-bond donors (Lipinski definition) is 1. The highest BCUT2D eigenvalue weighted by molar-refractivity contribution is 6.31. The molecule has 1 amide bonds. The molecule has 0 radical (unpaired) electrons. The van der Waals surface area contributed by atoms with E-state index in [0.29, 0.717) is 22.0 Å². The van der Waals surface area contributed by atoms with Crippen LogP contribution in [-0.4, -0.2) is 37.3 Å². The number of esters is 1. The van der Waals surface area contributed by atoms with Gasteiger partial charge >= 0.3 is 5.97 Å². The molecular formula is C21H19ClN2O5. The van der Waals surface area contributed by atoms with Gasteiger partial charge in [-0.3, -0.25) is 4.79 Å². The Morgan fingerprint density at radius 2 is 1.79 bits per heavy atom. The van der Waals surface area contributed by atoms with E-state index in [2.05, 4.69) is 10.1 Å². The molecule has 0 fully saturated rings. The van der Waals surface area contributed by atoms with Gasteiger partial charge in [-0.25, -0.2) is 4.79 Å². The smallest absolute Gasteiger partial charge is 0.343 e. The predicted molar refractivity (Wildman–Crippen MR) is 109 cm³/mol. The number of carbonyl (C=O) groups is 2. The number of hydrogen-bond acceptors (Lipinski definition) is 5. The van der Waals surface area contributed by atoms with Gasteiger partial charge in [0.05, 0.1) is 25.6 Å². The lowest BCUT2D eigenvalue weighted by molar-refractivity contribution is -0.142. The Morgan fingerprint density at radius 1 is 1.03 bits per heavy atom. The number of amides is 1. The molecule has 29 heavy (non-hydrogen) atoms. The van der Waals surface area contributed by atoms with E-state index in [1.54, 1.807) is 30.3 Å². The summed E-state index contributed by atoms with van der Waals surface area (Å²) in [6.07, 6.45) is 3.71. The number of ether oxygens (including phenoxy) is 3. The van der Waals surface area contributed by atoms with E-state index in [1.165, 1.54) is 20.3 Å². The average molecular weight is 415 g/mol. The maximum absolute atomic E-state index is 12.8. The van der Waals surface area contributed by atoms with Crippen molar-refractivity contribution in [1.82, 2.24) is 4.57 Å². The minimum Gasteiger partial charge on any atom is -0.493 e. The molecule has 0 aliphatic carbocycles. The van der Waals surface area contributed by atoms with Crippen molar-refractivity contribution in [3.63, 3.8) is 0 Å². The normalized spacial score (nSPS) is 10.3. The van der Waals surface area contributed by atoms with Crippen LogP contribution in [0, 0.1) is 0 Å². The monoisotopic (exact) mass is 414 g/mol. The van der Waals surface area contributed by atoms with Gasteiger partial charge in [-0.05, 0) is 48.5 Å². The number of nitrogens with one attached hydrogen (secondary N) is 1. The molecule has 0 aliphatic heterocycles. The lowest BCUT2D eigenvalue weighted by Gasteiger charge is -2.14. The van der Waals surface area contributed by atoms with Crippen LogP contribution in [0.3, 0.4) is 0 Å². The Bertz CT molecular complexity index is 1020.